The highest BCUT2D eigenvalue weighted by Gasteiger charge is 2.35. The van der Waals surface area contributed by atoms with Crippen molar-refractivity contribution in [2.75, 3.05) is 10.8 Å². The van der Waals surface area contributed by atoms with Gasteiger partial charge in [-0.1, -0.05) is 73.3 Å². The van der Waals surface area contributed by atoms with E-state index in [2.05, 4.69) is 5.32 Å². The monoisotopic (exact) mass is 609 g/mol. The van der Waals surface area contributed by atoms with Crippen LogP contribution in [0.25, 0.3) is 0 Å². The number of nitrogens with zero attached hydrogens (tertiary/aromatic N) is 2. The molecule has 7 nitrogen and oxygen atoms in total. The minimum Gasteiger partial charge on any atom is -0.352 e. The molecule has 42 heavy (non-hydrogen) atoms. The molecule has 9 heteroatoms. The molecule has 3 aromatic rings. The summed E-state index contributed by atoms with van der Waals surface area (Å²) in [6.45, 7) is 7.14. The van der Waals surface area contributed by atoms with Crippen LogP contribution in [0.5, 0.6) is 0 Å². The lowest BCUT2D eigenvalue weighted by atomic mass is 10.1. The number of sulfonamides is 1. The first-order chi connectivity index (χ1) is 20.0. The van der Waals surface area contributed by atoms with E-state index in [4.69, 9.17) is 11.6 Å². The van der Waals surface area contributed by atoms with Crippen LogP contribution in [0.4, 0.5) is 5.69 Å². The van der Waals surface area contributed by atoms with Crippen LogP contribution in [0.3, 0.4) is 0 Å². The molecule has 0 radical (unpaired) electrons. The Balaban J connectivity index is 1.74. The van der Waals surface area contributed by atoms with Crippen LogP contribution >= 0.6 is 11.6 Å². The molecule has 0 bridgehead atoms. The zero-order valence-corrected chi connectivity index (χ0v) is 26.3. The fourth-order valence-corrected chi connectivity index (χ4v) is 7.01. The second-order valence-electron chi connectivity index (χ2n) is 11.2. The van der Waals surface area contributed by atoms with Crippen LogP contribution in [-0.2, 0) is 26.2 Å². The first kappa shape index (κ1) is 31.6. The van der Waals surface area contributed by atoms with Gasteiger partial charge in [0.25, 0.3) is 10.0 Å². The Bertz CT molecular complexity index is 1500. The van der Waals surface area contributed by atoms with Gasteiger partial charge in [0.05, 0.1) is 10.6 Å². The minimum absolute atomic E-state index is 0.0902. The lowest BCUT2D eigenvalue weighted by molar-refractivity contribution is -0.140. The van der Waals surface area contributed by atoms with Crippen LogP contribution in [-0.4, -0.2) is 43.8 Å². The van der Waals surface area contributed by atoms with Gasteiger partial charge in [-0.2, -0.15) is 0 Å². The molecule has 1 unspecified atom stereocenters. The van der Waals surface area contributed by atoms with Gasteiger partial charge in [-0.15, -0.1) is 0 Å². The number of benzene rings is 3. The van der Waals surface area contributed by atoms with Gasteiger partial charge in [-0.3, -0.25) is 13.9 Å². The zero-order valence-electron chi connectivity index (χ0n) is 24.8. The van der Waals surface area contributed by atoms with Gasteiger partial charge in [0, 0.05) is 17.6 Å². The fraction of sp³-hybridized carbons (Fsp3) is 0.394. The topological polar surface area (TPSA) is 86.8 Å². The quantitative estimate of drug-likeness (QED) is 0.275. The maximum absolute atomic E-state index is 14.3. The summed E-state index contributed by atoms with van der Waals surface area (Å²) < 4.78 is 29.4. The zero-order chi connectivity index (χ0) is 30.4. The largest absolute Gasteiger partial charge is 0.352 e. The number of rotatable bonds is 11. The predicted molar refractivity (Wildman–Crippen MR) is 168 cm³/mol. The van der Waals surface area contributed by atoms with Crippen LogP contribution in [0.1, 0.15) is 61.3 Å². The number of carbonyl (C=O) groups excluding carboxylic acids is 2. The van der Waals surface area contributed by atoms with Crippen molar-refractivity contribution in [2.45, 2.75) is 83.3 Å². The second-order valence-corrected chi connectivity index (χ2v) is 13.5. The molecule has 0 aromatic heterocycles. The Hall–Kier alpha value is -3.36. The highest BCUT2D eigenvalue weighted by atomic mass is 35.5. The molecular weight excluding hydrogens is 570 g/mol. The van der Waals surface area contributed by atoms with E-state index in [1.54, 1.807) is 42.5 Å². The van der Waals surface area contributed by atoms with Gasteiger partial charge in [0.2, 0.25) is 11.8 Å². The number of hydrogen-bond donors (Lipinski definition) is 1. The van der Waals surface area contributed by atoms with Crippen molar-refractivity contribution in [2.24, 2.45) is 0 Å². The molecule has 3 aromatic carbocycles. The maximum atomic E-state index is 14.3. The van der Waals surface area contributed by atoms with Crippen LogP contribution in [0.15, 0.2) is 71.6 Å². The summed E-state index contributed by atoms with van der Waals surface area (Å²) in [5.41, 5.74) is 3.74. The van der Waals surface area contributed by atoms with Crippen LogP contribution in [0.2, 0.25) is 5.02 Å². The lowest BCUT2D eigenvalue weighted by Gasteiger charge is -2.34. The molecule has 1 aliphatic carbocycles. The van der Waals surface area contributed by atoms with Gasteiger partial charge < -0.3 is 10.2 Å². The number of anilines is 1. The number of hydrogen-bond acceptors (Lipinski definition) is 4. The normalized spacial score (nSPS) is 14.4. The molecule has 0 heterocycles. The molecule has 2 amide bonds. The average Bonchev–Trinajstić information content (AvgIpc) is 3.47. The SMILES string of the molecule is CCC(C(=O)NC1CCCC1)N(Cc1ccc(Cl)cc1)C(=O)CN(c1cc(C)ccc1C)S(=O)(=O)c1ccc(C)cc1. The molecule has 1 fully saturated rings. The molecule has 1 N–H and O–H groups in total. The third-order valence-corrected chi connectivity index (χ3v) is 9.90. The van der Waals surface area contributed by atoms with Crippen molar-refractivity contribution >= 4 is 39.1 Å². The van der Waals surface area contributed by atoms with Gasteiger partial charge in [0.15, 0.2) is 0 Å². The summed E-state index contributed by atoms with van der Waals surface area (Å²) in [7, 11) is -4.12. The van der Waals surface area contributed by atoms with E-state index in [1.165, 1.54) is 9.21 Å². The number of halogens is 1. The minimum atomic E-state index is -4.12. The van der Waals surface area contributed by atoms with Crippen molar-refractivity contribution < 1.29 is 18.0 Å². The predicted octanol–water partition coefficient (Wildman–Crippen LogP) is 6.33. The Morgan fingerprint density at radius 1 is 0.929 bits per heavy atom. The average molecular weight is 610 g/mol. The first-order valence-electron chi connectivity index (χ1n) is 14.5. The second kappa shape index (κ2) is 13.7. The fourth-order valence-electron chi connectivity index (χ4n) is 5.41. The van der Waals surface area contributed by atoms with Crippen molar-refractivity contribution in [1.82, 2.24) is 10.2 Å². The first-order valence-corrected chi connectivity index (χ1v) is 16.3. The van der Waals surface area contributed by atoms with Gasteiger partial charge in [-0.05, 0) is 87.1 Å². The molecule has 224 valence electrons. The van der Waals surface area contributed by atoms with Gasteiger partial charge >= 0.3 is 0 Å². The molecule has 1 aliphatic rings. The van der Waals surface area contributed by atoms with E-state index in [0.717, 1.165) is 47.9 Å². The maximum Gasteiger partial charge on any atom is 0.264 e. The highest BCUT2D eigenvalue weighted by Crippen LogP contribution is 2.29. The van der Waals surface area contributed by atoms with Gasteiger partial charge in [0.1, 0.15) is 12.6 Å². The van der Waals surface area contributed by atoms with E-state index in [-0.39, 0.29) is 23.4 Å². The Morgan fingerprint density at radius 2 is 1.55 bits per heavy atom. The lowest BCUT2D eigenvalue weighted by Crippen LogP contribution is -2.53. The van der Waals surface area contributed by atoms with Crippen molar-refractivity contribution in [1.29, 1.82) is 0 Å². The number of carbonyl (C=O) groups is 2. The highest BCUT2D eigenvalue weighted by molar-refractivity contribution is 7.92. The smallest absolute Gasteiger partial charge is 0.264 e. The Labute approximate surface area is 254 Å². The molecule has 0 spiro atoms. The van der Waals surface area contributed by atoms with Crippen molar-refractivity contribution in [3.8, 4) is 0 Å². The molecule has 0 aliphatic heterocycles. The molecule has 0 saturated heterocycles. The molecular formula is C33H40ClN3O4S. The van der Waals surface area contributed by atoms with E-state index < -0.39 is 28.5 Å². The summed E-state index contributed by atoms with van der Waals surface area (Å²) in [6, 6.07) is 18.6. The van der Waals surface area contributed by atoms with Crippen molar-refractivity contribution in [3.63, 3.8) is 0 Å². The Morgan fingerprint density at radius 3 is 2.17 bits per heavy atom. The van der Waals surface area contributed by atoms with E-state index in [9.17, 15) is 18.0 Å². The molecule has 4 rings (SSSR count). The number of amides is 2. The summed E-state index contributed by atoms with van der Waals surface area (Å²) in [4.78, 5) is 29.5. The summed E-state index contributed by atoms with van der Waals surface area (Å²) in [5.74, 6) is -0.679. The van der Waals surface area contributed by atoms with Crippen molar-refractivity contribution in [3.05, 3.63) is 94.0 Å². The number of aryl methyl sites for hydroxylation is 3. The van der Waals surface area contributed by atoms with E-state index in [1.807, 2.05) is 52.0 Å². The third-order valence-electron chi connectivity index (χ3n) is 7.87. The van der Waals surface area contributed by atoms with Gasteiger partial charge in [-0.25, -0.2) is 8.42 Å². The summed E-state index contributed by atoms with van der Waals surface area (Å²) in [6.07, 6.45) is 4.35. The number of nitrogens with one attached hydrogen (secondary N) is 1. The van der Waals surface area contributed by atoms with E-state index in [0.29, 0.717) is 17.1 Å². The van der Waals surface area contributed by atoms with Crippen LogP contribution in [0, 0.1) is 20.8 Å². The molecule has 1 saturated carbocycles. The summed E-state index contributed by atoms with van der Waals surface area (Å²) in [5, 5.41) is 3.70. The Kier molecular flexibility index (Phi) is 10.3. The van der Waals surface area contributed by atoms with Crippen LogP contribution < -0.4 is 9.62 Å². The third kappa shape index (κ3) is 7.53. The molecule has 1 atom stereocenters. The summed E-state index contributed by atoms with van der Waals surface area (Å²) >= 11 is 6.11. The van der Waals surface area contributed by atoms with E-state index >= 15 is 0 Å². The standard InChI is InChI=1S/C33H40ClN3O4S/c1-5-30(33(39)35-28-8-6-7-9-28)36(21-26-14-16-27(34)17-15-26)32(38)22-37(31-20-24(3)10-13-25(31)4)42(40,41)29-18-11-23(2)12-19-29/h10-20,28,30H,5-9,21-22H2,1-4H3,(H,35,39).